The lowest BCUT2D eigenvalue weighted by Crippen LogP contribution is -2.56. The Balaban J connectivity index is 4.79. The molecule has 0 aromatic heterocycles. The summed E-state index contributed by atoms with van der Waals surface area (Å²) in [6.45, 7) is 3.67. The van der Waals surface area contributed by atoms with Gasteiger partial charge in [0.25, 0.3) is 0 Å². The van der Waals surface area contributed by atoms with Crippen molar-refractivity contribution in [2.75, 3.05) is 5.75 Å². The molecule has 24 heavy (non-hydrogen) atoms. The van der Waals surface area contributed by atoms with E-state index in [4.69, 9.17) is 15.9 Å². The van der Waals surface area contributed by atoms with Gasteiger partial charge in [0.15, 0.2) is 0 Å². The van der Waals surface area contributed by atoms with Crippen LogP contribution in [-0.4, -0.2) is 57.8 Å². The van der Waals surface area contributed by atoms with Gasteiger partial charge in [-0.15, -0.1) is 0 Å². The van der Waals surface area contributed by atoms with E-state index in [-0.39, 0.29) is 18.1 Å². The number of hydrogen-bond donors (Lipinski definition) is 6. The molecule has 6 N–H and O–H groups in total. The number of rotatable bonds is 11. The SMILES string of the molecule is CC[C@H](C)[C@H](N)C(=O)N[C@@H](CS)C(=O)N[C@@H](CCC(=O)O)C(=O)O. The molecule has 0 radical (unpaired) electrons. The Morgan fingerprint density at radius 2 is 1.62 bits per heavy atom. The first kappa shape index (κ1) is 22.2. The third-order valence-corrected chi connectivity index (χ3v) is 4.00. The van der Waals surface area contributed by atoms with Crippen molar-refractivity contribution in [2.45, 2.75) is 51.2 Å². The van der Waals surface area contributed by atoms with Crippen LogP contribution in [0.5, 0.6) is 0 Å². The van der Waals surface area contributed by atoms with Gasteiger partial charge in [-0.25, -0.2) is 4.79 Å². The lowest BCUT2D eigenvalue weighted by Gasteiger charge is -2.23. The second-order valence-corrected chi connectivity index (χ2v) is 5.85. The molecule has 0 saturated carbocycles. The van der Waals surface area contributed by atoms with Crippen molar-refractivity contribution >= 4 is 36.4 Å². The number of carbonyl (C=O) groups excluding carboxylic acids is 2. The van der Waals surface area contributed by atoms with Crippen molar-refractivity contribution in [3.63, 3.8) is 0 Å². The Bertz CT molecular complexity index is 473. The van der Waals surface area contributed by atoms with E-state index in [9.17, 15) is 19.2 Å². The van der Waals surface area contributed by atoms with Crippen molar-refractivity contribution in [1.29, 1.82) is 0 Å². The van der Waals surface area contributed by atoms with Crippen molar-refractivity contribution in [2.24, 2.45) is 11.7 Å². The maximum absolute atomic E-state index is 12.1. The second kappa shape index (κ2) is 10.9. The fraction of sp³-hybridized carbons (Fsp3) is 0.714. The van der Waals surface area contributed by atoms with Gasteiger partial charge in [-0.2, -0.15) is 12.6 Å². The molecule has 0 spiro atoms. The van der Waals surface area contributed by atoms with Gasteiger partial charge >= 0.3 is 11.9 Å². The third kappa shape index (κ3) is 7.64. The Morgan fingerprint density at radius 3 is 2.04 bits per heavy atom. The number of carboxylic acid groups (broad SMARTS) is 2. The summed E-state index contributed by atoms with van der Waals surface area (Å²) >= 11 is 3.97. The highest BCUT2D eigenvalue weighted by Gasteiger charge is 2.28. The predicted octanol–water partition coefficient (Wildman–Crippen LogP) is -0.791. The van der Waals surface area contributed by atoms with E-state index in [0.717, 1.165) is 0 Å². The van der Waals surface area contributed by atoms with Gasteiger partial charge < -0.3 is 26.6 Å². The Morgan fingerprint density at radius 1 is 1.08 bits per heavy atom. The van der Waals surface area contributed by atoms with Gasteiger partial charge in [-0.1, -0.05) is 20.3 Å². The number of thiol groups is 1. The molecule has 0 aliphatic rings. The van der Waals surface area contributed by atoms with E-state index >= 15 is 0 Å². The van der Waals surface area contributed by atoms with Crippen LogP contribution in [0.4, 0.5) is 0 Å². The van der Waals surface area contributed by atoms with Crippen LogP contribution in [0.3, 0.4) is 0 Å². The minimum absolute atomic E-state index is 0.0595. The molecular weight excluding hydrogens is 338 g/mol. The summed E-state index contributed by atoms with van der Waals surface area (Å²) in [5.41, 5.74) is 5.78. The molecule has 0 heterocycles. The van der Waals surface area contributed by atoms with Gasteiger partial charge in [-0.05, 0) is 12.3 Å². The van der Waals surface area contributed by atoms with Crippen LogP contribution in [0.15, 0.2) is 0 Å². The van der Waals surface area contributed by atoms with E-state index in [0.29, 0.717) is 6.42 Å². The molecule has 9 nitrogen and oxygen atoms in total. The molecule has 138 valence electrons. The van der Waals surface area contributed by atoms with Gasteiger partial charge in [-0.3, -0.25) is 14.4 Å². The maximum Gasteiger partial charge on any atom is 0.326 e. The number of carbonyl (C=O) groups is 4. The van der Waals surface area contributed by atoms with Crippen molar-refractivity contribution < 1.29 is 29.4 Å². The standard InChI is InChI=1S/C14H25N3O6S/c1-3-7(2)11(15)13(21)17-9(6-24)12(20)16-8(14(22)23)4-5-10(18)19/h7-9,11,24H,3-6,15H2,1-2H3,(H,16,20)(H,17,21)(H,18,19)(H,22,23)/t7-,8-,9-,11-/m0/s1. The van der Waals surface area contributed by atoms with E-state index in [1.54, 1.807) is 6.92 Å². The largest absolute Gasteiger partial charge is 0.481 e. The molecule has 0 saturated heterocycles. The molecule has 0 unspecified atom stereocenters. The molecule has 0 aromatic carbocycles. The van der Waals surface area contributed by atoms with Crippen LogP contribution in [0.2, 0.25) is 0 Å². The summed E-state index contributed by atoms with van der Waals surface area (Å²) in [6, 6.07) is -3.23. The first-order valence-corrected chi connectivity index (χ1v) is 8.19. The third-order valence-electron chi connectivity index (χ3n) is 3.64. The number of amides is 2. The van der Waals surface area contributed by atoms with Gasteiger partial charge in [0, 0.05) is 12.2 Å². The highest BCUT2D eigenvalue weighted by atomic mass is 32.1. The number of hydrogen-bond acceptors (Lipinski definition) is 6. The maximum atomic E-state index is 12.1. The number of nitrogens with two attached hydrogens (primary N) is 1. The molecule has 4 atom stereocenters. The summed E-state index contributed by atoms with van der Waals surface area (Å²) in [5.74, 6) is -3.96. The molecule has 0 rings (SSSR count). The summed E-state index contributed by atoms with van der Waals surface area (Å²) in [7, 11) is 0. The molecule has 0 bridgehead atoms. The first-order chi connectivity index (χ1) is 11.1. The predicted molar refractivity (Wildman–Crippen MR) is 89.7 cm³/mol. The molecule has 0 aromatic rings. The van der Waals surface area contributed by atoms with E-state index in [1.165, 1.54) is 0 Å². The fourth-order valence-corrected chi connectivity index (χ4v) is 2.03. The number of aliphatic carboxylic acids is 2. The van der Waals surface area contributed by atoms with Crippen LogP contribution >= 0.6 is 12.6 Å². The summed E-state index contributed by atoms with van der Waals surface area (Å²) in [6.07, 6.45) is 0.00661. The zero-order valence-electron chi connectivity index (χ0n) is 13.7. The van der Waals surface area contributed by atoms with Crippen molar-refractivity contribution in [3.8, 4) is 0 Å². The van der Waals surface area contributed by atoms with Gasteiger partial charge in [0.05, 0.1) is 6.04 Å². The zero-order chi connectivity index (χ0) is 18.9. The normalized spacial score (nSPS) is 15.7. The lowest BCUT2D eigenvalue weighted by molar-refractivity contribution is -0.143. The Labute approximate surface area is 145 Å². The Hall–Kier alpha value is -1.81. The molecule has 2 amide bonds. The van der Waals surface area contributed by atoms with Crippen molar-refractivity contribution in [1.82, 2.24) is 10.6 Å². The van der Waals surface area contributed by atoms with Gasteiger partial charge in [0.1, 0.15) is 12.1 Å². The summed E-state index contributed by atoms with van der Waals surface area (Å²) in [4.78, 5) is 45.7. The molecule has 0 fully saturated rings. The summed E-state index contributed by atoms with van der Waals surface area (Å²) in [5, 5.41) is 22.3. The van der Waals surface area contributed by atoms with Crippen LogP contribution in [0.25, 0.3) is 0 Å². The average Bonchev–Trinajstić information content (AvgIpc) is 2.53. The minimum Gasteiger partial charge on any atom is -0.481 e. The molecule has 0 aliphatic carbocycles. The number of carboxylic acids is 2. The van der Waals surface area contributed by atoms with E-state index in [2.05, 4.69) is 23.3 Å². The quantitative estimate of drug-likeness (QED) is 0.262. The first-order valence-electron chi connectivity index (χ1n) is 7.55. The van der Waals surface area contributed by atoms with Crippen LogP contribution in [0, 0.1) is 5.92 Å². The zero-order valence-corrected chi connectivity index (χ0v) is 14.6. The number of nitrogens with one attached hydrogen (secondary N) is 2. The minimum atomic E-state index is -1.36. The molecule has 0 aliphatic heterocycles. The second-order valence-electron chi connectivity index (χ2n) is 5.49. The van der Waals surface area contributed by atoms with E-state index < -0.39 is 48.3 Å². The van der Waals surface area contributed by atoms with E-state index in [1.807, 2.05) is 6.92 Å². The van der Waals surface area contributed by atoms with Crippen LogP contribution < -0.4 is 16.4 Å². The lowest BCUT2D eigenvalue weighted by atomic mass is 9.99. The highest BCUT2D eigenvalue weighted by molar-refractivity contribution is 7.80. The monoisotopic (exact) mass is 363 g/mol. The van der Waals surface area contributed by atoms with Gasteiger partial charge in [0.2, 0.25) is 11.8 Å². The molecule has 10 heteroatoms. The highest BCUT2D eigenvalue weighted by Crippen LogP contribution is 2.06. The topological polar surface area (TPSA) is 159 Å². The van der Waals surface area contributed by atoms with Crippen LogP contribution in [-0.2, 0) is 19.2 Å². The average molecular weight is 363 g/mol. The van der Waals surface area contributed by atoms with Crippen molar-refractivity contribution in [3.05, 3.63) is 0 Å². The summed E-state index contributed by atoms with van der Waals surface area (Å²) < 4.78 is 0. The smallest absolute Gasteiger partial charge is 0.326 e. The molecular formula is C14H25N3O6S. The van der Waals surface area contributed by atoms with Crippen LogP contribution in [0.1, 0.15) is 33.1 Å². The fourth-order valence-electron chi connectivity index (χ4n) is 1.77. The Kier molecular flexibility index (Phi) is 10.0.